The van der Waals surface area contributed by atoms with Crippen LogP contribution in [0.5, 0.6) is 0 Å². The minimum atomic E-state index is 0.282. The van der Waals surface area contributed by atoms with E-state index in [0.29, 0.717) is 6.61 Å². The minimum Gasteiger partial charge on any atom is -0.384 e. The predicted molar refractivity (Wildman–Crippen MR) is 81.1 cm³/mol. The Balaban J connectivity index is 1.96. The molecule has 1 aromatic heterocycles. The first kappa shape index (κ1) is 13.2. The van der Waals surface area contributed by atoms with Gasteiger partial charge in [0.2, 0.25) is 0 Å². The van der Waals surface area contributed by atoms with Crippen LogP contribution in [0.15, 0.2) is 30.7 Å². The highest BCUT2D eigenvalue weighted by Gasteiger charge is 2.18. The molecule has 2 aromatic rings. The van der Waals surface area contributed by atoms with Gasteiger partial charge >= 0.3 is 0 Å². The highest BCUT2D eigenvalue weighted by Crippen LogP contribution is 2.35. The molecule has 1 aliphatic rings. The molecule has 0 fully saturated rings. The number of fused-ring (bicyclic) bond motifs is 1. The number of benzene rings is 1. The second kappa shape index (κ2) is 5.67. The lowest BCUT2D eigenvalue weighted by molar-refractivity contribution is 0.119. The molecule has 0 spiro atoms. The number of ether oxygens (including phenoxy) is 1. The van der Waals surface area contributed by atoms with E-state index in [0.717, 1.165) is 25.3 Å². The summed E-state index contributed by atoms with van der Waals surface area (Å²) < 4.78 is 7.74. The number of aromatic nitrogens is 2. The molecule has 0 saturated carbocycles. The Bertz CT molecular complexity index is 591. The van der Waals surface area contributed by atoms with Crippen molar-refractivity contribution in [3.63, 3.8) is 0 Å². The molecule has 0 radical (unpaired) electrons. The second-order valence-electron chi connectivity index (χ2n) is 5.21. The van der Waals surface area contributed by atoms with Crippen LogP contribution >= 0.6 is 0 Å². The number of hydrogen-bond acceptors (Lipinski definition) is 3. The molecule has 1 N–H and O–H groups in total. The molecule has 0 bridgehead atoms. The lowest BCUT2D eigenvalue weighted by Crippen LogP contribution is -2.12. The van der Waals surface area contributed by atoms with Crippen molar-refractivity contribution in [3.8, 4) is 11.3 Å². The van der Waals surface area contributed by atoms with Crippen LogP contribution in [0.4, 0.5) is 5.69 Å². The van der Waals surface area contributed by atoms with Gasteiger partial charge in [0, 0.05) is 24.4 Å². The van der Waals surface area contributed by atoms with Crippen molar-refractivity contribution in [2.24, 2.45) is 0 Å². The Morgan fingerprint density at radius 3 is 3.20 bits per heavy atom. The summed E-state index contributed by atoms with van der Waals surface area (Å²) in [4.78, 5) is 4.33. The summed E-state index contributed by atoms with van der Waals surface area (Å²) in [7, 11) is 0. The van der Waals surface area contributed by atoms with Gasteiger partial charge < -0.3 is 14.6 Å². The minimum absolute atomic E-state index is 0.282. The van der Waals surface area contributed by atoms with Crippen LogP contribution in [0.3, 0.4) is 0 Å². The monoisotopic (exact) mass is 271 g/mol. The maximum atomic E-state index is 5.54. The molecule has 0 amide bonds. The quantitative estimate of drug-likeness (QED) is 0.908. The molecule has 0 saturated heterocycles. The number of hydrogen-bond donors (Lipinski definition) is 1. The summed E-state index contributed by atoms with van der Waals surface area (Å²) >= 11 is 0. The summed E-state index contributed by atoms with van der Waals surface area (Å²) in [5, 5.41) is 3.49. The fraction of sp³-hybridized carbons (Fsp3) is 0.438. The Morgan fingerprint density at radius 1 is 1.45 bits per heavy atom. The van der Waals surface area contributed by atoms with Gasteiger partial charge in [0.25, 0.3) is 0 Å². The van der Waals surface area contributed by atoms with E-state index >= 15 is 0 Å². The van der Waals surface area contributed by atoms with Crippen molar-refractivity contribution < 1.29 is 4.74 Å². The Labute approximate surface area is 119 Å². The summed E-state index contributed by atoms with van der Waals surface area (Å²) in [6.45, 7) is 6.67. The lowest BCUT2D eigenvalue weighted by Gasteiger charge is -2.18. The highest BCUT2D eigenvalue weighted by molar-refractivity contribution is 5.79. The zero-order valence-electron chi connectivity index (χ0n) is 12.1. The number of nitrogens with one attached hydrogen (secondary N) is 1. The predicted octanol–water partition coefficient (Wildman–Crippen LogP) is 3.12. The second-order valence-corrected chi connectivity index (χ2v) is 5.21. The molecule has 1 aliphatic heterocycles. The molecule has 3 rings (SSSR count). The lowest BCUT2D eigenvalue weighted by atomic mass is 10.0. The van der Waals surface area contributed by atoms with E-state index in [1.165, 1.54) is 16.8 Å². The van der Waals surface area contributed by atoms with Crippen molar-refractivity contribution in [3.05, 3.63) is 36.3 Å². The van der Waals surface area contributed by atoms with Crippen molar-refractivity contribution in [2.75, 3.05) is 25.1 Å². The summed E-state index contributed by atoms with van der Waals surface area (Å²) in [6.07, 6.45) is 4.94. The smallest absolute Gasteiger partial charge is 0.0954 e. The third kappa shape index (κ3) is 2.31. The first-order chi connectivity index (χ1) is 9.81. The van der Waals surface area contributed by atoms with Crippen LogP contribution in [-0.4, -0.2) is 29.3 Å². The molecule has 0 aliphatic carbocycles. The number of anilines is 1. The zero-order valence-corrected chi connectivity index (χ0v) is 12.1. The average molecular weight is 271 g/mol. The third-order valence-corrected chi connectivity index (χ3v) is 3.83. The number of rotatable bonds is 5. The van der Waals surface area contributed by atoms with E-state index in [9.17, 15) is 0 Å². The number of para-hydroxylation sites is 1. The molecular formula is C16H21N3O. The molecule has 1 atom stereocenters. The molecule has 4 nitrogen and oxygen atoms in total. The van der Waals surface area contributed by atoms with E-state index < -0.39 is 0 Å². The van der Waals surface area contributed by atoms with E-state index in [-0.39, 0.29) is 6.04 Å². The maximum Gasteiger partial charge on any atom is 0.0954 e. The van der Waals surface area contributed by atoms with Crippen LogP contribution < -0.4 is 5.32 Å². The zero-order chi connectivity index (χ0) is 13.9. The number of imidazole rings is 1. The van der Waals surface area contributed by atoms with Crippen molar-refractivity contribution in [2.45, 2.75) is 26.3 Å². The molecular weight excluding hydrogens is 250 g/mol. The topological polar surface area (TPSA) is 39.1 Å². The van der Waals surface area contributed by atoms with E-state index in [1.54, 1.807) is 0 Å². The molecule has 20 heavy (non-hydrogen) atoms. The largest absolute Gasteiger partial charge is 0.384 e. The fourth-order valence-corrected chi connectivity index (χ4v) is 2.79. The Hall–Kier alpha value is -1.81. The van der Waals surface area contributed by atoms with Crippen LogP contribution in [0, 0.1) is 0 Å². The van der Waals surface area contributed by atoms with Gasteiger partial charge in [0.05, 0.1) is 30.9 Å². The number of nitrogens with zero attached hydrogens (tertiary/aromatic N) is 2. The van der Waals surface area contributed by atoms with Gasteiger partial charge in [-0.25, -0.2) is 4.98 Å². The van der Waals surface area contributed by atoms with Gasteiger partial charge in [-0.2, -0.15) is 0 Å². The van der Waals surface area contributed by atoms with Crippen LogP contribution in [-0.2, 0) is 11.2 Å². The van der Waals surface area contributed by atoms with Crippen LogP contribution in [0.1, 0.15) is 25.5 Å². The maximum absolute atomic E-state index is 5.54. The Morgan fingerprint density at radius 2 is 2.35 bits per heavy atom. The van der Waals surface area contributed by atoms with Gasteiger partial charge in [-0.1, -0.05) is 18.2 Å². The SMILES string of the molecule is CCOCC(C)n1cncc1-c1cccc2c1NCC2. The normalized spacial score (nSPS) is 14.9. The van der Waals surface area contributed by atoms with E-state index in [2.05, 4.69) is 40.0 Å². The summed E-state index contributed by atoms with van der Waals surface area (Å²) in [5.74, 6) is 0. The Kier molecular flexibility index (Phi) is 3.74. The van der Waals surface area contributed by atoms with Crippen LogP contribution in [0.25, 0.3) is 11.3 Å². The standard InChI is InChI=1S/C16H21N3O/c1-3-20-10-12(2)19-11-17-9-15(19)14-6-4-5-13-7-8-18-16(13)14/h4-6,9,11-12,18H,3,7-8,10H2,1-2H3. The van der Waals surface area contributed by atoms with Gasteiger partial charge in [-0.3, -0.25) is 0 Å². The molecule has 1 unspecified atom stereocenters. The van der Waals surface area contributed by atoms with Gasteiger partial charge in [-0.05, 0) is 25.8 Å². The van der Waals surface area contributed by atoms with Gasteiger partial charge in [0.15, 0.2) is 0 Å². The summed E-state index contributed by atoms with van der Waals surface area (Å²) in [6, 6.07) is 6.78. The first-order valence-corrected chi connectivity index (χ1v) is 7.27. The first-order valence-electron chi connectivity index (χ1n) is 7.27. The molecule has 4 heteroatoms. The highest BCUT2D eigenvalue weighted by atomic mass is 16.5. The molecule has 106 valence electrons. The fourth-order valence-electron chi connectivity index (χ4n) is 2.79. The molecule has 2 heterocycles. The molecule has 1 aromatic carbocycles. The third-order valence-electron chi connectivity index (χ3n) is 3.83. The average Bonchev–Trinajstić information content (AvgIpc) is 3.12. The van der Waals surface area contributed by atoms with Gasteiger partial charge in [0.1, 0.15) is 0 Å². The van der Waals surface area contributed by atoms with Crippen LogP contribution in [0.2, 0.25) is 0 Å². The summed E-state index contributed by atoms with van der Waals surface area (Å²) in [5.41, 5.74) is 5.05. The van der Waals surface area contributed by atoms with E-state index in [4.69, 9.17) is 4.74 Å². The van der Waals surface area contributed by atoms with Crippen molar-refractivity contribution in [1.82, 2.24) is 9.55 Å². The van der Waals surface area contributed by atoms with Crippen molar-refractivity contribution >= 4 is 5.69 Å². The van der Waals surface area contributed by atoms with E-state index in [1.807, 2.05) is 19.4 Å². The van der Waals surface area contributed by atoms with Crippen molar-refractivity contribution in [1.29, 1.82) is 0 Å². The van der Waals surface area contributed by atoms with Gasteiger partial charge in [-0.15, -0.1) is 0 Å².